The molecule has 0 saturated carbocycles. The topological polar surface area (TPSA) is 67.4 Å². The summed E-state index contributed by atoms with van der Waals surface area (Å²) in [6.45, 7) is -0.274. The number of nitriles is 1. The predicted octanol–water partition coefficient (Wildman–Crippen LogP) is 2.07. The van der Waals surface area contributed by atoms with E-state index in [-0.39, 0.29) is 6.61 Å². The molecule has 90 valence electrons. The van der Waals surface area contributed by atoms with E-state index >= 15 is 0 Å². The van der Waals surface area contributed by atoms with Gasteiger partial charge < -0.3 is 4.74 Å². The van der Waals surface area contributed by atoms with Gasteiger partial charge in [0.05, 0.1) is 5.69 Å². The molecule has 0 radical (unpaired) electrons. The number of hydrogen-bond donors (Lipinski definition) is 0. The van der Waals surface area contributed by atoms with E-state index < -0.39 is 5.97 Å². The van der Waals surface area contributed by atoms with Crippen molar-refractivity contribution in [2.24, 2.45) is 0 Å². The highest BCUT2D eigenvalue weighted by Gasteiger charge is 2.07. The van der Waals surface area contributed by atoms with Gasteiger partial charge in [-0.3, -0.25) is 4.40 Å². The number of ether oxygens (including phenoxy) is 1. The van der Waals surface area contributed by atoms with E-state index in [1.807, 2.05) is 12.1 Å². The molecule has 18 heavy (non-hydrogen) atoms. The van der Waals surface area contributed by atoms with Gasteiger partial charge in [-0.2, -0.15) is 5.26 Å². The summed E-state index contributed by atoms with van der Waals surface area (Å²) in [5.41, 5.74) is 1.27. The lowest BCUT2D eigenvalue weighted by molar-refractivity contribution is -0.136. The first kappa shape index (κ1) is 12.1. The second-order valence-electron chi connectivity index (χ2n) is 3.32. The van der Waals surface area contributed by atoms with Crippen LogP contribution in [0.15, 0.2) is 30.5 Å². The molecule has 0 N–H and O–H groups in total. The Kier molecular flexibility index (Phi) is 3.60. The monoisotopic (exact) mass is 261 g/mol. The minimum Gasteiger partial charge on any atom is -0.447 e. The second-order valence-corrected chi connectivity index (χ2v) is 3.67. The minimum absolute atomic E-state index is 0.274. The molecule has 0 fully saturated rings. The summed E-state index contributed by atoms with van der Waals surface area (Å²) in [4.78, 5) is 15.3. The number of halogens is 1. The van der Waals surface area contributed by atoms with Crippen molar-refractivity contribution in [3.63, 3.8) is 0 Å². The summed E-state index contributed by atoms with van der Waals surface area (Å²) < 4.78 is 6.33. The van der Waals surface area contributed by atoms with Crippen molar-refractivity contribution in [3.8, 4) is 6.07 Å². The average molecular weight is 262 g/mol. The van der Waals surface area contributed by atoms with E-state index in [9.17, 15) is 4.79 Å². The van der Waals surface area contributed by atoms with Gasteiger partial charge in [-0.25, -0.2) is 9.78 Å². The molecule has 2 aromatic rings. The third kappa shape index (κ3) is 2.50. The van der Waals surface area contributed by atoms with Crippen molar-refractivity contribution in [3.05, 3.63) is 41.3 Å². The fraction of sp³-hybridized carbons (Fsp3) is 0.0833. The van der Waals surface area contributed by atoms with Crippen LogP contribution in [0.5, 0.6) is 0 Å². The molecular weight excluding hydrogens is 254 g/mol. The zero-order chi connectivity index (χ0) is 13.0. The molecule has 0 aromatic carbocycles. The van der Waals surface area contributed by atoms with Crippen molar-refractivity contribution in [2.75, 3.05) is 6.61 Å². The second kappa shape index (κ2) is 5.34. The molecule has 6 heteroatoms. The number of aromatic nitrogens is 2. The fourth-order valence-electron chi connectivity index (χ4n) is 1.43. The summed E-state index contributed by atoms with van der Waals surface area (Å²) >= 11 is 5.97. The molecule has 0 spiro atoms. The molecule has 0 aliphatic carbocycles. The van der Waals surface area contributed by atoms with Crippen LogP contribution < -0.4 is 0 Å². The first-order valence-corrected chi connectivity index (χ1v) is 5.44. The zero-order valence-corrected chi connectivity index (χ0v) is 9.96. The third-order valence-electron chi connectivity index (χ3n) is 2.18. The molecule has 0 amide bonds. The number of esters is 1. The Morgan fingerprint density at radius 1 is 1.61 bits per heavy atom. The fourth-order valence-corrected chi connectivity index (χ4v) is 1.67. The van der Waals surface area contributed by atoms with E-state index in [1.165, 1.54) is 12.2 Å². The van der Waals surface area contributed by atoms with Crippen LogP contribution in [0.3, 0.4) is 0 Å². The molecule has 0 unspecified atom stereocenters. The van der Waals surface area contributed by atoms with Gasteiger partial charge in [-0.15, -0.1) is 0 Å². The van der Waals surface area contributed by atoms with E-state index in [0.29, 0.717) is 16.5 Å². The lowest BCUT2D eigenvalue weighted by Gasteiger charge is -1.96. The van der Waals surface area contributed by atoms with Crippen LogP contribution in [0.4, 0.5) is 0 Å². The number of carbonyl (C=O) groups excluding carboxylic acids is 1. The molecule has 5 nitrogen and oxygen atoms in total. The first-order valence-electron chi connectivity index (χ1n) is 5.07. The molecular formula is C12H8ClN3O2. The number of imidazole rings is 1. The summed E-state index contributed by atoms with van der Waals surface area (Å²) in [6.07, 6.45) is 4.50. The zero-order valence-electron chi connectivity index (χ0n) is 9.21. The molecule has 0 saturated heterocycles. The average Bonchev–Trinajstić information content (AvgIpc) is 2.69. The minimum atomic E-state index is -0.599. The van der Waals surface area contributed by atoms with Crippen LogP contribution in [0.25, 0.3) is 11.7 Å². The molecule has 2 rings (SSSR count). The van der Waals surface area contributed by atoms with E-state index in [4.69, 9.17) is 16.9 Å². The Hall–Kier alpha value is -2.32. The van der Waals surface area contributed by atoms with Crippen molar-refractivity contribution in [1.29, 1.82) is 5.26 Å². The molecule has 0 aliphatic rings. The Balaban J connectivity index is 2.26. The Bertz CT molecular complexity index is 655. The smallest absolute Gasteiger partial charge is 0.331 e. The van der Waals surface area contributed by atoms with E-state index in [0.717, 1.165) is 0 Å². The normalized spacial score (nSPS) is 10.7. The van der Waals surface area contributed by atoms with Gasteiger partial charge in [0.15, 0.2) is 11.8 Å². The molecule has 2 heterocycles. The quantitative estimate of drug-likeness (QED) is 0.627. The van der Waals surface area contributed by atoms with Gasteiger partial charge in [-0.05, 0) is 18.2 Å². The van der Waals surface area contributed by atoms with Gasteiger partial charge in [0.2, 0.25) is 0 Å². The van der Waals surface area contributed by atoms with Crippen LogP contribution in [0.2, 0.25) is 5.15 Å². The number of fused-ring (bicyclic) bond motifs is 1. The summed E-state index contributed by atoms with van der Waals surface area (Å²) in [5, 5.41) is 8.56. The third-order valence-corrected chi connectivity index (χ3v) is 2.46. The first-order chi connectivity index (χ1) is 8.72. The number of pyridine rings is 1. The highest BCUT2D eigenvalue weighted by atomic mass is 35.5. The lowest BCUT2D eigenvalue weighted by Crippen LogP contribution is -2.00. The van der Waals surface area contributed by atoms with Gasteiger partial charge in [0.1, 0.15) is 11.7 Å². The number of rotatable bonds is 3. The van der Waals surface area contributed by atoms with Crippen molar-refractivity contribution in [1.82, 2.24) is 9.38 Å². The van der Waals surface area contributed by atoms with Crippen LogP contribution in [0.1, 0.15) is 5.69 Å². The predicted molar refractivity (Wildman–Crippen MR) is 65.8 cm³/mol. The summed E-state index contributed by atoms with van der Waals surface area (Å²) in [6, 6.07) is 7.19. The molecule has 0 bridgehead atoms. The van der Waals surface area contributed by atoms with Gasteiger partial charge in [0, 0.05) is 12.3 Å². The standard InChI is InChI=1S/C12H8ClN3O2/c13-12-9(4-5-11(17)18-8-6-14)16-7-2-1-3-10(16)15-12/h1-5,7H,8H2/b5-4+. The maximum absolute atomic E-state index is 11.2. The Morgan fingerprint density at radius 3 is 3.22 bits per heavy atom. The molecule has 0 atom stereocenters. The summed E-state index contributed by atoms with van der Waals surface area (Å²) in [7, 11) is 0. The number of hydrogen-bond acceptors (Lipinski definition) is 4. The van der Waals surface area contributed by atoms with Crippen LogP contribution in [0, 0.1) is 11.3 Å². The van der Waals surface area contributed by atoms with Gasteiger partial charge in [-0.1, -0.05) is 17.7 Å². The van der Waals surface area contributed by atoms with Crippen LogP contribution in [-0.2, 0) is 9.53 Å². The SMILES string of the molecule is N#CCOC(=O)/C=C/c1c(Cl)nc2ccccn12. The number of nitrogens with zero attached hydrogens (tertiary/aromatic N) is 3. The largest absolute Gasteiger partial charge is 0.447 e. The van der Waals surface area contributed by atoms with Crippen LogP contribution >= 0.6 is 11.6 Å². The highest BCUT2D eigenvalue weighted by Crippen LogP contribution is 2.18. The van der Waals surface area contributed by atoms with E-state index in [2.05, 4.69) is 9.72 Å². The number of carbonyl (C=O) groups is 1. The Morgan fingerprint density at radius 2 is 2.44 bits per heavy atom. The van der Waals surface area contributed by atoms with E-state index in [1.54, 1.807) is 22.7 Å². The Labute approximate surface area is 108 Å². The van der Waals surface area contributed by atoms with Crippen molar-refractivity contribution < 1.29 is 9.53 Å². The van der Waals surface area contributed by atoms with Gasteiger partial charge >= 0.3 is 5.97 Å². The van der Waals surface area contributed by atoms with Crippen molar-refractivity contribution >= 4 is 29.3 Å². The lowest BCUT2D eigenvalue weighted by atomic mass is 10.4. The van der Waals surface area contributed by atoms with Crippen molar-refractivity contribution in [2.45, 2.75) is 0 Å². The molecule has 2 aromatic heterocycles. The maximum atomic E-state index is 11.2. The highest BCUT2D eigenvalue weighted by molar-refractivity contribution is 6.31. The van der Waals surface area contributed by atoms with Gasteiger partial charge in [0.25, 0.3) is 0 Å². The molecule has 0 aliphatic heterocycles. The van der Waals surface area contributed by atoms with Crippen LogP contribution in [-0.4, -0.2) is 22.0 Å². The summed E-state index contributed by atoms with van der Waals surface area (Å²) in [5.74, 6) is -0.599. The maximum Gasteiger partial charge on any atom is 0.331 e.